The van der Waals surface area contributed by atoms with Crippen LogP contribution in [0.4, 0.5) is 0 Å². The van der Waals surface area contributed by atoms with Crippen molar-refractivity contribution in [2.75, 3.05) is 6.79 Å². The molecule has 2 aromatic heterocycles. The molecule has 4 aromatic rings. The van der Waals surface area contributed by atoms with Gasteiger partial charge in [-0.3, -0.25) is 4.79 Å². The fourth-order valence-electron chi connectivity index (χ4n) is 3.37. The first-order valence-corrected chi connectivity index (χ1v) is 9.26. The molecule has 0 saturated heterocycles. The molecule has 2 aromatic carbocycles. The third-order valence-corrected chi connectivity index (χ3v) is 4.95. The van der Waals surface area contributed by atoms with E-state index in [-0.39, 0.29) is 12.7 Å². The van der Waals surface area contributed by atoms with Crippen molar-refractivity contribution in [3.05, 3.63) is 77.6 Å². The molecule has 5 rings (SSSR count). The summed E-state index contributed by atoms with van der Waals surface area (Å²) in [6, 6.07) is 17.4. The molecule has 0 fully saturated rings. The number of benzene rings is 2. The minimum Gasteiger partial charge on any atom is -0.454 e. The Kier molecular flexibility index (Phi) is 4.13. The van der Waals surface area contributed by atoms with Gasteiger partial charge in [0.05, 0.1) is 23.0 Å². The summed E-state index contributed by atoms with van der Waals surface area (Å²) in [7, 11) is 0. The molecule has 0 bridgehead atoms. The molecule has 0 aliphatic carbocycles. The van der Waals surface area contributed by atoms with Gasteiger partial charge in [-0.15, -0.1) is 0 Å². The second-order valence-corrected chi connectivity index (χ2v) is 6.79. The second-order valence-electron chi connectivity index (χ2n) is 6.79. The Morgan fingerprint density at radius 1 is 1.10 bits per heavy atom. The van der Waals surface area contributed by atoms with Crippen LogP contribution in [0.1, 0.15) is 21.6 Å². The topological polar surface area (TPSA) is 78.3 Å². The van der Waals surface area contributed by atoms with Crippen LogP contribution in [0, 0.1) is 6.92 Å². The highest BCUT2D eigenvalue weighted by atomic mass is 16.7. The van der Waals surface area contributed by atoms with E-state index < -0.39 is 0 Å². The predicted octanol–water partition coefficient (Wildman–Crippen LogP) is 3.39. The zero-order chi connectivity index (χ0) is 19.8. The van der Waals surface area contributed by atoms with Crippen LogP contribution >= 0.6 is 0 Å². The van der Waals surface area contributed by atoms with Crippen molar-refractivity contribution >= 4 is 16.8 Å². The molecule has 1 amide bonds. The normalized spacial score (nSPS) is 12.3. The lowest BCUT2D eigenvalue weighted by atomic mass is 10.2. The summed E-state index contributed by atoms with van der Waals surface area (Å²) in [6.45, 7) is 2.47. The van der Waals surface area contributed by atoms with Gasteiger partial charge in [0.2, 0.25) is 6.79 Å². The molecule has 0 radical (unpaired) electrons. The average molecular weight is 386 g/mol. The number of nitrogens with one attached hydrogen (secondary N) is 1. The van der Waals surface area contributed by atoms with Crippen molar-refractivity contribution in [2.24, 2.45) is 0 Å². The third-order valence-electron chi connectivity index (χ3n) is 4.95. The fraction of sp³-hybridized carbons (Fsp3) is 0.136. The average Bonchev–Trinajstić information content (AvgIpc) is 3.37. The van der Waals surface area contributed by atoms with E-state index in [2.05, 4.69) is 15.4 Å². The summed E-state index contributed by atoms with van der Waals surface area (Å²) in [6.07, 6.45) is 1.57. The maximum atomic E-state index is 12.7. The van der Waals surface area contributed by atoms with Crippen molar-refractivity contribution < 1.29 is 14.3 Å². The number of carbonyl (C=O) groups is 1. The lowest BCUT2D eigenvalue weighted by Crippen LogP contribution is -2.23. The summed E-state index contributed by atoms with van der Waals surface area (Å²) in [5.41, 5.74) is 3.06. The number of amides is 1. The van der Waals surface area contributed by atoms with Crippen LogP contribution in [0.2, 0.25) is 0 Å². The molecule has 3 heterocycles. The molecule has 0 atom stereocenters. The molecule has 0 spiro atoms. The largest absolute Gasteiger partial charge is 0.454 e. The minimum absolute atomic E-state index is 0.188. The van der Waals surface area contributed by atoms with Crippen molar-refractivity contribution in [3.8, 4) is 17.3 Å². The van der Waals surface area contributed by atoms with Gasteiger partial charge in [0, 0.05) is 11.9 Å². The van der Waals surface area contributed by atoms with Crippen molar-refractivity contribution in [1.82, 2.24) is 20.1 Å². The summed E-state index contributed by atoms with van der Waals surface area (Å²) in [5, 5.41) is 8.36. The first-order chi connectivity index (χ1) is 14.2. The van der Waals surface area contributed by atoms with Gasteiger partial charge < -0.3 is 14.8 Å². The Balaban J connectivity index is 1.35. The van der Waals surface area contributed by atoms with Gasteiger partial charge in [-0.1, -0.05) is 24.3 Å². The number of ether oxygens (including phenoxy) is 2. The number of fused-ring (bicyclic) bond motifs is 2. The van der Waals surface area contributed by atoms with Crippen LogP contribution in [-0.2, 0) is 6.54 Å². The zero-order valence-corrected chi connectivity index (χ0v) is 15.8. The maximum Gasteiger partial charge on any atom is 0.255 e. The Hall–Kier alpha value is -3.87. The summed E-state index contributed by atoms with van der Waals surface area (Å²) in [5.74, 6) is 1.91. The molecular weight excluding hydrogens is 368 g/mol. The first kappa shape index (κ1) is 17.2. The molecule has 144 valence electrons. The minimum atomic E-state index is -0.188. The van der Waals surface area contributed by atoms with Crippen LogP contribution in [-0.4, -0.2) is 27.5 Å². The van der Waals surface area contributed by atoms with E-state index in [1.165, 1.54) is 0 Å². The Morgan fingerprint density at radius 2 is 1.97 bits per heavy atom. The van der Waals surface area contributed by atoms with Gasteiger partial charge in [0.1, 0.15) is 0 Å². The van der Waals surface area contributed by atoms with Gasteiger partial charge in [0.25, 0.3) is 5.91 Å². The molecule has 0 unspecified atom stereocenters. The van der Waals surface area contributed by atoms with E-state index in [1.54, 1.807) is 10.9 Å². The SMILES string of the molecule is Cc1c(C(=O)NCc2ccc3c(c2)OCO3)cnn1-c1ccc2ccccc2n1. The van der Waals surface area contributed by atoms with E-state index in [0.717, 1.165) is 27.9 Å². The molecule has 29 heavy (non-hydrogen) atoms. The third kappa shape index (κ3) is 3.16. The maximum absolute atomic E-state index is 12.7. The Morgan fingerprint density at radius 3 is 2.90 bits per heavy atom. The number of pyridine rings is 1. The Labute approximate surface area is 166 Å². The highest BCUT2D eigenvalue weighted by molar-refractivity contribution is 5.95. The van der Waals surface area contributed by atoms with E-state index in [1.807, 2.05) is 61.5 Å². The van der Waals surface area contributed by atoms with Gasteiger partial charge in [0.15, 0.2) is 17.3 Å². The van der Waals surface area contributed by atoms with Gasteiger partial charge in [-0.25, -0.2) is 9.67 Å². The first-order valence-electron chi connectivity index (χ1n) is 9.26. The standard InChI is InChI=1S/C22H18N4O3/c1-14-17(22(27)23-11-15-6-8-19-20(10-15)29-13-28-19)12-24-26(14)21-9-7-16-4-2-3-5-18(16)25-21/h2-10,12H,11,13H2,1H3,(H,23,27). The van der Waals surface area contributed by atoms with Crippen molar-refractivity contribution in [3.63, 3.8) is 0 Å². The molecule has 7 nitrogen and oxygen atoms in total. The van der Waals surface area contributed by atoms with Gasteiger partial charge in [-0.05, 0) is 42.8 Å². The number of hydrogen-bond acceptors (Lipinski definition) is 5. The lowest BCUT2D eigenvalue weighted by molar-refractivity contribution is 0.0950. The van der Waals surface area contributed by atoms with Crippen LogP contribution in [0.5, 0.6) is 11.5 Å². The highest BCUT2D eigenvalue weighted by Gasteiger charge is 2.17. The lowest BCUT2D eigenvalue weighted by Gasteiger charge is -2.08. The van der Waals surface area contributed by atoms with Crippen LogP contribution < -0.4 is 14.8 Å². The zero-order valence-electron chi connectivity index (χ0n) is 15.8. The smallest absolute Gasteiger partial charge is 0.255 e. The number of nitrogens with zero attached hydrogens (tertiary/aromatic N) is 3. The number of aromatic nitrogens is 3. The van der Waals surface area contributed by atoms with Crippen molar-refractivity contribution in [2.45, 2.75) is 13.5 Å². The number of carbonyl (C=O) groups excluding carboxylic acids is 1. The van der Waals surface area contributed by atoms with E-state index in [0.29, 0.717) is 23.7 Å². The summed E-state index contributed by atoms with van der Waals surface area (Å²) >= 11 is 0. The molecular formula is C22H18N4O3. The number of rotatable bonds is 4. The molecule has 1 aliphatic rings. The highest BCUT2D eigenvalue weighted by Crippen LogP contribution is 2.32. The second kappa shape index (κ2) is 6.94. The molecule has 1 aliphatic heterocycles. The quantitative estimate of drug-likeness (QED) is 0.582. The van der Waals surface area contributed by atoms with Gasteiger partial charge >= 0.3 is 0 Å². The van der Waals surface area contributed by atoms with Crippen molar-refractivity contribution in [1.29, 1.82) is 0 Å². The monoisotopic (exact) mass is 386 g/mol. The summed E-state index contributed by atoms with van der Waals surface area (Å²) in [4.78, 5) is 17.3. The van der Waals surface area contributed by atoms with Gasteiger partial charge in [-0.2, -0.15) is 5.10 Å². The van der Waals surface area contributed by atoms with E-state index in [9.17, 15) is 4.79 Å². The predicted molar refractivity (Wildman–Crippen MR) is 107 cm³/mol. The Bertz CT molecular complexity index is 1230. The van der Waals surface area contributed by atoms with Crippen LogP contribution in [0.3, 0.4) is 0 Å². The van der Waals surface area contributed by atoms with E-state index >= 15 is 0 Å². The van der Waals surface area contributed by atoms with Crippen LogP contribution in [0.25, 0.3) is 16.7 Å². The summed E-state index contributed by atoms with van der Waals surface area (Å²) < 4.78 is 12.4. The van der Waals surface area contributed by atoms with Crippen LogP contribution in [0.15, 0.2) is 60.8 Å². The number of hydrogen-bond donors (Lipinski definition) is 1. The molecule has 7 heteroatoms. The van der Waals surface area contributed by atoms with E-state index in [4.69, 9.17) is 9.47 Å². The molecule has 0 saturated carbocycles. The number of para-hydroxylation sites is 1. The fourth-order valence-corrected chi connectivity index (χ4v) is 3.37. The molecule has 1 N–H and O–H groups in total.